The van der Waals surface area contributed by atoms with Crippen molar-refractivity contribution in [3.8, 4) is 5.75 Å². The zero-order valence-electron chi connectivity index (χ0n) is 12.6. The molecule has 22 heavy (non-hydrogen) atoms. The Labute approximate surface area is 133 Å². The van der Waals surface area contributed by atoms with Crippen LogP contribution in [0.5, 0.6) is 5.75 Å². The second-order valence-corrected chi connectivity index (χ2v) is 6.28. The predicted molar refractivity (Wildman–Crippen MR) is 90.4 cm³/mol. The van der Waals surface area contributed by atoms with Crippen LogP contribution in [0.25, 0.3) is 6.08 Å². The molecule has 3 rings (SSSR count). The fraction of sp³-hybridized carbons (Fsp3) is 0.294. The fourth-order valence-corrected chi connectivity index (χ4v) is 3.45. The molecule has 0 N–H and O–H groups in total. The number of hydrogen-bond donors (Lipinski definition) is 0. The normalized spacial score (nSPS) is 15.5. The lowest BCUT2D eigenvalue weighted by Gasteiger charge is -2.15. The molecule has 0 bridgehead atoms. The van der Waals surface area contributed by atoms with Crippen molar-refractivity contribution in [2.75, 3.05) is 18.6 Å². The first kappa shape index (κ1) is 14.9. The van der Waals surface area contributed by atoms with Crippen molar-refractivity contribution in [2.24, 2.45) is 0 Å². The van der Waals surface area contributed by atoms with Crippen LogP contribution in [0.3, 0.4) is 0 Å². The van der Waals surface area contributed by atoms with Gasteiger partial charge in [-0.2, -0.15) is 0 Å². The van der Waals surface area contributed by atoms with Crippen LogP contribution in [0, 0.1) is 0 Å². The molecule has 0 aromatic heterocycles. The first-order valence-electron chi connectivity index (χ1n) is 7.32. The van der Waals surface area contributed by atoms with Gasteiger partial charge in [-0.3, -0.25) is 9.59 Å². The Hall–Kier alpha value is -2.01. The minimum absolute atomic E-state index is 0.218. The maximum Gasteiger partial charge on any atom is 0.268 e. The Kier molecular flexibility index (Phi) is 4.07. The van der Waals surface area contributed by atoms with Gasteiger partial charge in [0.25, 0.3) is 5.43 Å². The number of benzene rings is 1. The molecule has 0 atom stereocenters. The summed E-state index contributed by atoms with van der Waals surface area (Å²) in [6, 6.07) is 8.04. The minimum atomic E-state index is -0.508. The van der Waals surface area contributed by atoms with E-state index in [9.17, 15) is 9.59 Å². The Morgan fingerprint density at radius 1 is 1.23 bits per heavy atom. The minimum Gasteiger partial charge on any atom is -0.489 e. The van der Waals surface area contributed by atoms with Crippen LogP contribution < -0.4 is 20.5 Å². The van der Waals surface area contributed by atoms with Crippen molar-refractivity contribution in [1.29, 1.82) is 0 Å². The lowest BCUT2D eigenvalue weighted by Crippen LogP contribution is -2.35. The van der Waals surface area contributed by atoms with Crippen LogP contribution in [0.2, 0.25) is 0 Å². The van der Waals surface area contributed by atoms with Gasteiger partial charge in [0.1, 0.15) is 0 Å². The summed E-state index contributed by atoms with van der Waals surface area (Å²) in [5.74, 6) is 0.218. The summed E-state index contributed by atoms with van der Waals surface area (Å²) < 4.78 is 5.47. The van der Waals surface area contributed by atoms with E-state index in [-0.39, 0.29) is 5.75 Å². The summed E-state index contributed by atoms with van der Waals surface area (Å²) in [6.07, 6.45) is 3.62. The average molecular weight is 315 g/mol. The molecule has 0 spiro atoms. The van der Waals surface area contributed by atoms with Gasteiger partial charge in [0.2, 0.25) is 5.43 Å². The number of nitrogens with zero attached hydrogens (tertiary/aromatic N) is 1. The smallest absolute Gasteiger partial charge is 0.268 e. The second kappa shape index (κ2) is 6.01. The lowest BCUT2D eigenvalue weighted by molar-refractivity contribution is 0.302. The molecule has 0 fully saturated rings. The van der Waals surface area contributed by atoms with Crippen LogP contribution in [0.15, 0.2) is 43.8 Å². The molecule has 0 unspecified atom stereocenters. The summed E-state index contributed by atoms with van der Waals surface area (Å²) in [4.78, 5) is 26.6. The van der Waals surface area contributed by atoms with Gasteiger partial charge in [-0.25, -0.2) is 0 Å². The number of hydrogen-bond acceptors (Lipinski definition) is 5. The highest BCUT2D eigenvalue weighted by molar-refractivity contribution is 8.03. The number of thioether (sulfide) groups is 1. The maximum atomic E-state index is 11.8. The number of unbranched alkanes of at least 4 members (excludes halogenated alkanes) is 1. The van der Waals surface area contributed by atoms with E-state index in [4.69, 9.17) is 4.74 Å². The molecule has 0 aliphatic carbocycles. The van der Waals surface area contributed by atoms with E-state index >= 15 is 0 Å². The highest BCUT2D eigenvalue weighted by Gasteiger charge is 2.26. The van der Waals surface area contributed by atoms with E-state index < -0.39 is 10.9 Å². The fourth-order valence-electron chi connectivity index (χ4n) is 2.35. The van der Waals surface area contributed by atoms with Crippen LogP contribution in [0.1, 0.15) is 25.3 Å². The molecule has 2 aromatic rings. The quantitative estimate of drug-likeness (QED) is 0.627. The molecule has 0 amide bonds. The standard InChI is InChI=1S/C17H17NO3S/c1-3-4-9-21-17-11(15(19)16(17)20)10-14-18(2)12-7-5-6-8-13(12)22-14/h5-8,10H,3-4,9H2,1-2H3/b14-10-. The molecular formula is C17H17NO3S. The highest BCUT2D eigenvalue weighted by Crippen LogP contribution is 2.45. The van der Waals surface area contributed by atoms with Crippen LogP contribution in [-0.2, 0) is 0 Å². The van der Waals surface area contributed by atoms with Gasteiger partial charge in [0.05, 0.1) is 22.9 Å². The molecule has 0 saturated heterocycles. The number of fused-ring (bicyclic) bond motifs is 1. The highest BCUT2D eigenvalue weighted by atomic mass is 32.2. The molecule has 1 aliphatic rings. The molecule has 1 aliphatic heterocycles. The average Bonchev–Trinajstić information content (AvgIpc) is 2.86. The summed E-state index contributed by atoms with van der Waals surface area (Å²) in [7, 11) is 1.95. The summed E-state index contributed by atoms with van der Waals surface area (Å²) in [5.41, 5.74) is 0.532. The van der Waals surface area contributed by atoms with Gasteiger partial charge < -0.3 is 9.64 Å². The van der Waals surface area contributed by atoms with Crippen molar-refractivity contribution >= 4 is 23.5 Å². The van der Waals surface area contributed by atoms with Gasteiger partial charge in [0.15, 0.2) is 5.75 Å². The SMILES string of the molecule is CCCCOc1c(/C=C2\Sc3ccccc3N2C)c(=O)c1=O. The van der Waals surface area contributed by atoms with Gasteiger partial charge >= 0.3 is 0 Å². The Morgan fingerprint density at radius 2 is 2.00 bits per heavy atom. The first-order chi connectivity index (χ1) is 10.6. The third-order valence-electron chi connectivity index (χ3n) is 3.69. The third-order valence-corrected chi connectivity index (χ3v) is 4.85. The third kappa shape index (κ3) is 2.46. The van der Waals surface area contributed by atoms with Crippen LogP contribution in [0.4, 0.5) is 5.69 Å². The molecular weight excluding hydrogens is 298 g/mol. The zero-order valence-corrected chi connectivity index (χ0v) is 13.4. The molecule has 114 valence electrons. The molecule has 1 heterocycles. The van der Waals surface area contributed by atoms with E-state index in [1.807, 2.05) is 36.2 Å². The summed E-state index contributed by atoms with van der Waals surface area (Å²) in [5, 5.41) is 0.925. The molecule has 5 heteroatoms. The van der Waals surface area contributed by atoms with E-state index in [1.165, 1.54) is 0 Å². The second-order valence-electron chi connectivity index (χ2n) is 5.21. The number of anilines is 1. The van der Waals surface area contributed by atoms with Crippen molar-refractivity contribution < 1.29 is 4.74 Å². The number of ether oxygens (including phenoxy) is 1. The van der Waals surface area contributed by atoms with E-state index in [2.05, 4.69) is 6.92 Å². The zero-order chi connectivity index (χ0) is 15.7. The molecule has 0 saturated carbocycles. The Balaban J connectivity index is 1.87. The van der Waals surface area contributed by atoms with E-state index in [1.54, 1.807) is 17.8 Å². The van der Waals surface area contributed by atoms with Gasteiger partial charge in [-0.05, 0) is 24.6 Å². The first-order valence-corrected chi connectivity index (χ1v) is 8.13. The Morgan fingerprint density at radius 3 is 2.73 bits per heavy atom. The molecule has 4 nitrogen and oxygen atoms in total. The predicted octanol–water partition coefficient (Wildman–Crippen LogP) is 3.00. The summed E-state index contributed by atoms with van der Waals surface area (Å²) in [6.45, 7) is 2.52. The van der Waals surface area contributed by atoms with Gasteiger partial charge in [-0.1, -0.05) is 37.2 Å². The van der Waals surface area contributed by atoms with Gasteiger partial charge in [0, 0.05) is 11.9 Å². The van der Waals surface area contributed by atoms with E-state index in [0.717, 1.165) is 28.5 Å². The maximum absolute atomic E-state index is 11.8. The van der Waals surface area contributed by atoms with Crippen LogP contribution in [-0.4, -0.2) is 13.7 Å². The number of rotatable bonds is 5. The van der Waals surface area contributed by atoms with Crippen molar-refractivity contribution in [2.45, 2.75) is 24.7 Å². The largest absolute Gasteiger partial charge is 0.489 e. The van der Waals surface area contributed by atoms with Crippen molar-refractivity contribution in [3.05, 3.63) is 55.3 Å². The van der Waals surface area contributed by atoms with Gasteiger partial charge in [-0.15, -0.1) is 0 Å². The molecule has 2 aromatic carbocycles. The number of para-hydroxylation sites is 1. The van der Waals surface area contributed by atoms with E-state index in [0.29, 0.717) is 12.2 Å². The van der Waals surface area contributed by atoms with Crippen molar-refractivity contribution in [1.82, 2.24) is 0 Å². The molecule has 0 radical (unpaired) electrons. The topological polar surface area (TPSA) is 46.6 Å². The summed E-state index contributed by atoms with van der Waals surface area (Å²) >= 11 is 1.59. The van der Waals surface area contributed by atoms with Crippen LogP contribution >= 0.6 is 11.8 Å². The Bertz CT molecular complexity index is 802. The monoisotopic (exact) mass is 315 g/mol. The lowest BCUT2D eigenvalue weighted by atomic mass is 10.1. The van der Waals surface area contributed by atoms with Crippen molar-refractivity contribution in [3.63, 3.8) is 0 Å².